The Kier molecular flexibility index (Phi) is 5.08. The van der Waals surface area contributed by atoms with E-state index < -0.39 is 5.97 Å². The number of thiophene rings is 1. The summed E-state index contributed by atoms with van der Waals surface area (Å²) in [5, 5.41) is 2.89. The van der Waals surface area contributed by atoms with Crippen molar-refractivity contribution < 1.29 is 19.1 Å². The van der Waals surface area contributed by atoms with E-state index in [2.05, 4.69) is 0 Å². The van der Waals surface area contributed by atoms with Crippen LogP contribution in [0.4, 0.5) is 0 Å². The molecule has 140 valence electrons. The first-order chi connectivity index (χ1) is 13.7. The third kappa shape index (κ3) is 3.49. The number of hydrogen-bond acceptors (Lipinski definition) is 5. The molecule has 0 spiro atoms. The number of ketones is 1. The number of carbonyl (C=O) groups excluding carboxylic acids is 2. The second-order valence-corrected chi connectivity index (χ2v) is 7.30. The smallest absolute Gasteiger partial charge is 0.352 e. The molecule has 0 unspecified atom stereocenters. The van der Waals surface area contributed by atoms with Crippen LogP contribution in [0.15, 0.2) is 66.7 Å². The van der Waals surface area contributed by atoms with Crippen molar-refractivity contribution in [2.45, 2.75) is 6.92 Å². The first-order valence-corrected chi connectivity index (χ1v) is 9.82. The summed E-state index contributed by atoms with van der Waals surface area (Å²) in [4.78, 5) is 25.4. The van der Waals surface area contributed by atoms with Gasteiger partial charge >= 0.3 is 5.97 Å². The lowest BCUT2D eigenvalue weighted by Crippen LogP contribution is -2.13. The molecule has 28 heavy (non-hydrogen) atoms. The molecule has 0 aliphatic rings. The average Bonchev–Trinajstić information content (AvgIpc) is 3.10. The quantitative estimate of drug-likeness (QED) is 0.323. The summed E-state index contributed by atoms with van der Waals surface area (Å²) in [6.07, 6.45) is 0. The Balaban J connectivity index is 1.61. The molecule has 0 saturated carbocycles. The van der Waals surface area contributed by atoms with Gasteiger partial charge in [0.05, 0.1) is 6.61 Å². The van der Waals surface area contributed by atoms with E-state index in [1.807, 2.05) is 60.7 Å². The zero-order chi connectivity index (χ0) is 19.5. The largest absolute Gasteiger partial charge is 0.483 e. The number of rotatable bonds is 6. The minimum absolute atomic E-state index is 0.143. The number of hydrogen-bond donors (Lipinski definition) is 0. The summed E-state index contributed by atoms with van der Waals surface area (Å²) in [6, 6.07) is 21.0. The monoisotopic (exact) mass is 390 g/mol. The lowest BCUT2D eigenvalue weighted by atomic mass is 10.0. The van der Waals surface area contributed by atoms with Crippen LogP contribution in [0.2, 0.25) is 0 Å². The van der Waals surface area contributed by atoms with Gasteiger partial charge < -0.3 is 9.47 Å². The van der Waals surface area contributed by atoms with Crippen molar-refractivity contribution in [1.82, 2.24) is 0 Å². The van der Waals surface area contributed by atoms with Gasteiger partial charge in [-0.15, -0.1) is 11.3 Å². The summed E-state index contributed by atoms with van der Waals surface area (Å²) in [6.45, 7) is 1.89. The fraction of sp³-hybridized carbons (Fsp3) is 0.130. The first-order valence-electron chi connectivity index (χ1n) is 9.01. The van der Waals surface area contributed by atoms with E-state index in [1.54, 1.807) is 13.0 Å². The highest BCUT2D eigenvalue weighted by molar-refractivity contribution is 7.21. The van der Waals surface area contributed by atoms with E-state index in [9.17, 15) is 9.59 Å². The van der Waals surface area contributed by atoms with Gasteiger partial charge in [-0.25, -0.2) is 4.79 Å². The van der Waals surface area contributed by atoms with Crippen LogP contribution in [0, 0.1) is 0 Å². The van der Waals surface area contributed by atoms with Crippen LogP contribution in [0.3, 0.4) is 0 Å². The van der Waals surface area contributed by atoms with Crippen molar-refractivity contribution >= 4 is 43.9 Å². The minimum atomic E-state index is -0.433. The van der Waals surface area contributed by atoms with Crippen LogP contribution < -0.4 is 4.74 Å². The highest BCUT2D eigenvalue weighted by Crippen LogP contribution is 2.38. The van der Waals surface area contributed by atoms with Crippen molar-refractivity contribution in [3.63, 3.8) is 0 Å². The number of ether oxygens (including phenoxy) is 2. The molecule has 0 bridgehead atoms. The van der Waals surface area contributed by atoms with Gasteiger partial charge in [0.2, 0.25) is 0 Å². The highest BCUT2D eigenvalue weighted by atomic mass is 32.1. The number of fused-ring (bicyclic) bond motifs is 2. The van der Waals surface area contributed by atoms with E-state index in [0.717, 1.165) is 20.9 Å². The van der Waals surface area contributed by atoms with Gasteiger partial charge in [0, 0.05) is 15.6 Å². The van der Waals surface area contributed by atoms with Crippen LogP contribution >= 0.6 is 11.3 Å². The second-order valence-electron chi connectivity index (χ2n) is 6.25. The Morgan fingerprint density at radius 1 is 0.929 bits per heavy atom. The van der Waals surface area contributed by atoms with Crippen molar-refractivity contribution in [2.75, 3.05) is 13.2 Å². The summed E-state index contributed by atoms with van der Waals surface area (Å²) >= 11 is 1.31. The molecule has 0 aliphatic heterocycles. The summed E-state index contributed by atoms with van der Waals surface area (Å²) in [5.41, 5.74) is 0.580. The topological polar surface area (TPSA) is 52.6 Å². The second kappa shape index (κ2) is 7.82. The normalized spacial score (nSPS) is 10.9. The molecule has 0 atom stereocenters. The molecule has 4 rings (SSSR count). The standard InChI is InChI=1S/C23H18O4S/c1-2-26-23(25)22-21(18-9-5-6-10-20(18)28-22)27-14-19(24)17-12-11-15-7-3-4-8-16(15)13-17/h3-13H,2,14H2,1H3. The Morgan fingerprint density at radius 2 is 1.68 bits per heavy atom. The van der Waals surface area contributed by atoms with Crippen LogP contribution in [0.1, 0.15) is 27.0 Å². The average molecular weight is 390 g/mol. The van der Waals surface area contributed by atoms with Crippen molar-refractivity contribution in [1.29, 1.82) is 0 Å². The Labute approximate surface area is 166 Å². The third-order valence-corrected chi connectivity index (χ3v) is 5.56. The molecule has 0 amide bonds. The maximum Gasteiger partial charge on any atom is 0.352 e. The molecule has 0 N–H and O–H groups in total. The molecule has 5 heteroatoms. The van der Waals surface area contributed by atoms with Gasteiger partial charge in [-0.2, -0.15) is 0 Å². The minimum Gasteiger partial charge on any atom is -0.483 e. The molecule has 4 aromatic rings. The van der Waals surface area contributed by atoms with E-state index in [1.165, 1.54) is 11.3 Å². The third-order valence-electron chi connectivity index (χ3n) is 4.43. The highest BCUT2D eigenvalue weighted by Gasteiger charge is 2.22. The molecular formula is C23H18O4S. The van der Waals surface area contributed by atoms with Gasteiger partial charge in [0.1, 0.15) is 0 Å². The van der Waals surface area contributed by atoms with Gasteiger partial charge in [-0.05, 0) is 35.9 Å². The van der Waals surface area contributed by atoms with Gasteiger partial charge in [0.25, 0.3) is 0 Å². The van der Waals surface area contributed by atoms with E-state index in [0.29, 0.717) is 16.2 Å². The van der Waals surface area contributed by atoms with Gasteiger partial charge in [-0.3, -0.25) is 4.79 Å². The zero-order valence-electron chi connectivity index (χ0n) is 15.3. The molecule has 4 nitrogen and oxygen atoms in total. The molecule has 0 radical (unpaired) electrons. The van der Waals surface area contributed by atoms with E-state index in [-0.39, 0.29) is 19.0 Å². The van der Waals surface area contributed by atoms with Crippen LogP contribution in [0.5, 0.6) is 5.75 Å². The van der Waals surface area contributed by atoms with Crippen molar-refractivity contribution in [3.8, 4) is 5.75 Å². The fourth-order valence-corrected chi connectivity index (χ4v) is 4.12. The lowest BCUT2D eigenvalue weighted by molar-refractivity contribution is 0.0526. The van der Waals surface area contributed by atoms with Crippen LogP contribution in [-0.4, -0.2) is 25.0 Å². The van der Waals surface area contributed by atoms with E-state index in [4.69, 9.17) is 9.47 Å². The molecule has 3 aromatic carbocycles. The van der Waals surface area contributed by atoms with E-state index >= 15 is 0 Å². The maximum absolute atomic E-state index is 12.7. The predicted octanol–water partition coefficient (Wildman–Crippen LogP) is 5.49. The fourth-order valence-electron chi connectivity index (χ4n) is 3.08. The van der Waals surface area contributed by atoms with Crippen molar-refractivity contribution in [2.24, 2.45) is 0 Å². The molecule has 1 aromatic heterocycles. The maximum atomic E-state index is 12.7. The van der Waals surface area contributed by atoms with Crippen molar-refractivity contribution in [3.05, 3.63) is 77.2 Å². The Morgan fingerprint density at radius 3 is 2.50 bits per heavy atom. The lowest BCUT2D eigenvalue weighted by Gasteiger charge is -2.08. The molecule has 1 heterocycles. The predicted molar refractivity (Wildman–Crippen MR) is 112 cm³/mol. The van der Waals surface area contributed by atoms with Gasteiger partial charge in [-0.1, -0.05) is 48.5 Å². The Bertz CT molecular complexity index is 1180. The Hall–Kier alpha value is -3.18. The summed E-state index contributed by atoms with van der Waals surface area (Å²) in [5.74, 6) is -0.166. The molecule has 0 saturated heterocycles. The number of carbonyl (C=O) groups is 2. The van der Waals surface area contributed by atoms with Crippen LogP contribution in [0.25, 0.3) is 20.9 Å². The van der Waals surface area contributed by atoms with Gasteiger partial charge in [0.15, 0.2) is 23.0 Å². The molecule has 0 aliphatic carbocycles. The first kappa shape index (κ1) is 18.2. The molecular weight excluding hydrogens is 372 g/mol. The summed E-state index contributed by atoms with van der Waals surface area (Å²) in [7, 11) is 0. The SMILES string of the molecule is CCOC(=O)c1sc2ccccc2c1OCC(=O)c1ccc2ccccc2c1. The number of benzene rings is 3. The number of esters is 1. The van der Waals surface area contributed by atoms with Crippen LogP contribution in [-0.2, 0) is 4.74 Å². The zero-order valence-corrected chi connectivity index (χ0v) is 16.1. The molecule has 0 fully saturated rings. The number of Topliss-reactive ketones (excluding diaryl/α,β-unsaturated/α-hetero) is 1. The summed E-state index contributed by atoms with van der Waals surface area (Å²) < 4.78 is 11.9.